The van der Waals surface area contributed by atoms with Crippen molar-refractivity contribution in [3.63, 3.8) is 0 Å². The van der Waals surface area contributed by atoms with Gasteiger partial charge >= 0.3 is 13.2 Å². The maximum Gasteiger partial charge on any atom is 0.494 e. The van der Waals surface area contributed by atoms with E-state index in [1.54, 1.807) is 0 Å². The molecule has 0 aliphatic carbocycles. The predicted molar refractivity (Wildman–Crippen MR) is 113 cm³/mol. The molecule has 2 N–H and O–H groups in total. The molecule has 1 heterocycles. The highest BCUT2D eigenvalue weighted by Gasteiger charge is 2.51. The minimum atomic E-state index is -0.487. The van der Waals surface area contributed by atoms with Gasteiger partial charge in [0.05, 0.1) is 11.2 Å². The van der Waals surface area contributed by atoms with Gasteiger partial charge in [-0.1, -0.05) is 24.3 Å². The van der Waals surface area contributed by atoms with Crippen LogP contribution in [0.3, 0.4) is 0 Å². The molecule has 1 aliphatic rings. The van der Waals surface area contributed by atoms with Crippen LogP contribution < -0.4 is 16.1 Å². The Kier molecular flexibility index (Phi) is 6.84. The number of amides is 1. The zero-order valence-corrected chi connectivity index (χ0v) is 18.5. The Balaban J connectivity index is 1.87. The molecular formula is C21H35BN2O4. The molecule has 1 aromatic carbocycles. The van der Waals surface area contributed by atoms with E-state index in [4.69, 9.17) is 14.0 Å². The minimum Gasteiger partial charge on any atom is -0.444 e. The average Bonchev–Trinajstić information content (AvgIpc) is 2.78. The van der Waals surface area contributed by atoms with Crippen LogP contribution in [0.15, 0.2) is 24.3 Å². The van der Waals surface area contributed by atoms with E-state index in [0.717, 1.165) is 11.0 Å². The molecule has 1 saturated heterocycles. The second-order valence-corrected chi connectivity index (χ2v) is 9.36. The lowest BCUT2D eigenvalue weighted by molar-refractivity contribution is 0.00578. The molecule has 1 aromatic rings. The Bertz CT molecular complexity index is 669. The fourth-order valence-corrected chi connectivity index (χ4v) is 2.84. The topological polar surface area (TPSA) is 68.8 Å². The van der Waals surface area contributed by atoms with Gasteiger partial charge in [0.1, 0.15) is 5.60 Å². The summed E-state index contributed by atoms with van der Waals surface area (Å²) in [4.78, 5) is 11.7. The number of alkyl carbamates (subject to hydrolysis) is 1. The van der Waals surface area contributed by atoms with Gasteiger partial charge in [-0.15, -0.1) is 0 Å². The summed E-state index contributed by atoms with van der Waals surface area (Å²) < 4.78 is 17.5. The fourth-order valence-electron chi connectivity index (χ4n) is 2.84. The summed E-state index contributed by atoms with van der Waals surface area (Å²) in [5, 5.41) is 6.17. The molecule has 0 spiro atoms. The summed E-state index contributed by atoms with van der Waals surface area (Å²) in [6, 6.07) is 8.37. The van der Waals surface area contributed by atoms with E-state index in [9.17, 15) is 4.79 Å². The van der Waals surface area contributed by atoms with Gasteiger partial charge in [0.25, 0.3) is 0 Å². The predicted octanol–water partition coefficient (Wildman–Crippen LogP) is 3.16. The number of benzene rings is 1. The highest BCUT2D eigenvalue weighted by Crippen LogP contribution is 2.36. The van der Waals surface area contributed by atoms with Crippen LogP contribution in [0.1, 0.15) is 67.0 Å². The third-order valence-corrected chi connectivity index (χ3v) is 5.18. The maximum absolute atomic E-state index is 11.7. The van der Waals surface area contributed by atoms with Crippen molar-refractivity contribution in [2.75, 3.05) is 13.1 Å². The summed E-state index contributed by atoms with van der Waals surface area (Å²) in [6.07, 6.45) is -0.398. The molecule has 1 amide bonds. The van der Waals surface area contributed by atoms with Crippen LogP contribution in [0.25, 0.3) is 0 Å². The Morgan fingerprint density at radius 3 is 2.32 bits per heavy atom. The number of rotatable bonds is 6. The van der Waals surface area contributed by atoms with Crippen molar-refractivity contribution < 1.29 is 18.8 Å². The normalized spacial score (nSPS) is 19.4. The van der Waals surface area contributed by atoms with E-state index in [2.05, 4.69) is 57.4 Å². The van der Waals surface area contributed by atoms with E-state index in [1.165, 1.54) is 0 Å². The fraction of sp³-hybridized carbons (Fsp3) is 0.667. The lowest BCUT2D eigenvalue weighted by Gasteiger charge is -2.32. The standard InChI is InChI=1S/C21H35BN2O4/c1-15(23-12-13-24-18(25)26-19(2,3)4)16-10-9-11-17(14-16)22-27-20(5,6)21(7,8)28-22/h9-11,14-15,23H,12-13H2,1-8H3,(H,24,25). The summed E-state index contributed by atoms with van der Waals surface area (Å²) in [7, 11) is -0.369. The molecule has 2 rings (SSSR count). The van der Waals surface area contributed by atoms with Crippen molar-refractivity contribution in [3.8, 4) is 0 Å². The third kappa shape index (κ3) is 5.96. The van der Waals surface area contributed by atoms with Crippen LogP contribution in [0.4, 0.5) is 4.79 Å². The lowest BCUT2D eigenvalue weighted by atomic mass is 9.78. The van der Waals surface area contributed by atoms with Crippen molar-refractivity contribution in [1.82, 2.24) is 10.6 Å². The first-order chi connectivity index (χ1) is 12.8. The minimum absolute atomic E-state index is 0.128. The Morgan fingerprint density at radius 1 is 1.14 bits per heavy atom. The van der Waals surface area contributed by atoms with Gasteiger partial charge in [0.2, 0.25) is 0 Å². The van der Waals surface area contributed by atoms with Crippen LogP contribution >= 0.6 is 0 Å². The van der Waals surface area contributed by atoms with E-state index in [0.29, 0.717) is 13.1 Å². The molecule has 1 aliphatic heterocycles. The quantitative estimate of drug-likeness (QED) is 0.577. The molecule has 0 saturated carbocycles. The van der Waals surface area contributed by atoms with Gasteiger partial charge in [0.15, 0.2) is 0 Å². The highest BCUT2D eigenvalue weighted by molar-refractivity contribution is 6.62. The summed E-state index contributed by atoms with van der Waals surface area (Å²) >= 11 is 0. The molecule has 6 nitrogen and oxygen atoms in total. The largest absolute Gasteiger partial charge is 0.494 e. The number of nitrogens with one attached hydrogen (secondary N) is 2. The molecule has 1 atom stereocenters. The molecule has 0 radical (unpaired) electrons. The number of carbonyl (C=O) groups is 1. The molecule has 28 heavy (non-hydrogen) atoms. The van der Waals surface area contributed by atoms with Crippen molar-refractivity contribution in [2.45, 2.75) is 78.2 Å². The summed E-state index contributed by atoms with van der Waals surface area (Å²) in [5.74, 6) is 0. The molecular weight excluding hydrogens is 355 g/mol. The second-order valence-electron chi connectivity index (χ2n) is 9.36. The maximum atomic E-state index is 11.7. The molecule has 7 heteroatoms. The first kappa shape index (κ1) is 22.7. The van der Waals surface area contributed by atoms with Crippen LogP contribution in [-0.4, -0.2) is 43.1 Å². The number of ether oxygens (including phenoxy) is 1. The Hall–Kier alpha value is -1.57. The van der Waals surface area contributed by atoms with E-state index in [1.807, 2.05) is 32.9 Å². The van der Waals surface area contributed by atoms with Crippen LogP contribution in [0.5, 0.6) is 0 Å². The molecule has 1 fully saturated rings. The molecule has 156 valence electrons. The van der Waals surface area contributed by atoms with Gasteiger partial charge in [-0.2, -0.15) is 0 Å². The van der Waals surface area contributed by atoms with E-state index in [-0.39, 0.29) is 24.4 Å². The highest BCUT2D eigenvalue weighted by atomic mass is 16.7. The van der Waals surface area contributed by atoms with Gasteiger partial charge in [-0.25, -0.2) is 4.79 Å². The SMILES string of the molecule is CC(NCCNC(=O)OC(C)(C)C)c1cccc(B2OC(C)(C)C(C)(C)O2)c1. The number of hydrogen-bond donors (Lipinski definition) is 2. The summed E-state index contributed by atoms with van der Waals surface area (Å²) in [5.41, 5.74) is 0.954. The third-order valence-electron chi connectivity index (χ3n) is 5.18. The zero-order chi connectivity index (χ0) is 21.2. The van der Waals surface area contributed by atoms with Crippen molar-refractivity contribution in [1.29, 1.82) is 0 Å². The van der Waals surface area contributed by atoms with Gasteiger partial charge < -0.3 is 24.7 Å². The molecule has 0 bridgehead atoms. The van der Waals surface area contributed by atoms with Gasteiger partial charge in [-0.05, 0) is 66.4 Å². The second kappa shape index (κ2) is 8.43. The lowest BCUT2D eigenvalue weighted by Crippen LogP contribution is -2.41. The monoisotopic (exact) mass is 390 g/mol. The smallest absolute Gasteiger partial charge is 0.444 e. The molecule has 0 aromatic heterocycles. The number of carbonyl (C=O) groups excluding carboxylic acids is 1. The van der Waals surface area contributed by atoms with Crippen molar-refractivity contribution in [3.05, 3.63) is 29.8 Å². The summed E-state index contributed by atoms with van der Waals surface area (Å²) in [6.45, 7) is 17.0. The van der Waals surface area contributed by atoms with Crippen molar-refractivity contribution in [2.24, 2.45) is 0 Å². The van der Waals surface area contributed by atoms with Crippen LogP contribution in [0.2, 0.25) is 0 Å². The van der Waals surface area contributed by atoms with E-state index < -0.39 is 11.7 Å². The zero-order valence-electron chi connectivity index (χ0n) is 18.5. The van der Waals surface area contributed by atoms with Gasteiger partial charge in [0, 0.05) is 19.1 Å². The average molecular weight is 390 g/mol. The first-order valence-electron chi connectivity index (χ1n) is 9.96. The molecule has 1 unspecified atom stereocenters. The van der Waals surface area contributed by atoms with E-state index >= 15 is 0 Å². The first-order valence-corrected chi connectivity index (χ1v) is 9.96. The Morgan fingerprint density at radius 2 is 1.75 bits per heavy atom. The number of hydrogen-bond acceptors (Lipinski definition) is 5. The van der Waals surface area contributed by atoms with Crippen LogP contribution in [-0.2, 0) is 14.0 Å². The Labute approximate surface area is 169 Å². The van der Waals surface area contributed by atoms with Gasteiger partial charge in [-0.3, -0.25) is 0 Å². The van der Waals surface area contributed by atoms with Crippen LogP contribution in [0, 0.1) is 0 Å². The van der Waals surface area contributed by atoms with Crippen molar-refractivity contribution >= 4 is 18.7 Å².